The van der Waals surface area contributed by atoms with Gasteiger partial charge in [-0.2, -0.15) is 5.10 Å². The second kappa shape index (κ2) is 6.36. The van der Waals surface area contributed by atoms with Crippen molar-refractivity contribution >= 4 is 17.6 Å². The Morgan fingerprint density at radius 2 is 2.05 bits per heavy atom. The first-order chi connectivity index (χ1) is 8.80. The molecule has 0 aliphatic rings. The van der Waals surface area contributed by atoms with E-state index in [1.807, 2.05) is 6.92 Å². The van der Waals surface area contributed by atoms with Crippen molar-refractivity contribution in [1.82, 2.24) is 9.78 Å². The molecule has 6 nitrogen and oxygen atoms in total. The molecule has 1 rings (SSSR count). The van der Waals surface area contributed by atoms with Gasteiger partial charge >= 0.3 is 5.97 Å². The van der Waals surface area contributed by atoms with E-state index >= 15 is 0 Å². The fraction of sp³-hybridized carbons (Fsp3) is 0.615. The monoisotopic (exact) mass is 267 g/mol. The molecule has 1 amide bonds. The summed E-state index contributed by atoms with van der Waals surface area (Å²) in [6, 6.07) is 0. The van der Waals surface area contributed by atoms with E-state index in [9.17, 15) is 9.59 Å². The number of ether oxygens (including phenoxy) is 1. The van der Waals surface area contributed by atoms with Crippen LogP contribution in [0.3, 0.4) is 0 Å². The van der Waals surface area contributed by atoms with Crippen molar-refractivity contribution in [2.45, 2.75) is 52.7 Å². The van der Waals surface area contributed by atoms with Gasteiger partial charge in [-0.1, -0.05) is 0 Å². The minimum atomic E-state index is -0.518. The van der Waals surface area contributed by atoms with E-state index in [1.54, 1.807) is 37.8 Å². The van der Waals surface area contributed by atoms with Gasteiger partial charge in [-0.25, -0.2) is 0 Å². The number of anilines is 1. The molecule has 106 valence electrons. The van der Waals surface area contributed by atoms with Crippen LogP contribution in [0.1, 0.15) is 40.5 Å². The third kappa shape index (κ3) is 6.03. The summed E-state index contributed by atoms with van der Waals surface area (Å²) < 4.78 is 6.84. The number of nitrogens with one attached hydrogen (secondary N) is 1. The predicted octanol–water partition coefficient (Wildman–Crippen LogP) is 1.96. The standard InChI is InChI=1S/C13H21N3O3/c1-5-16-9-10(8-14-16)15-11(17)6-7-12(18)19-13(2,3)4/h8-9H,5-7H2,1-4H3,(H,15,17). The molecule has 1 aromatic rings. The van der Waals surface area contributed by atoms with Gasteiger partial charge in [0.05, 0.1) is 18.3 Å². The highest BCUT2D eigenvalue weighted by Crippen LogP contribution is 2.10. The Morgan fingerprint density at radius 3 is 2.58 bits per heavy atom. The van der Waals surface area contributed by atoms with Crippen LogP contribution in [0.5, 0.6) is 0 Å². The van der Waals surface area contributed by atoms with Crippen LogP contribution in [0, 0.1) is 0 Å². The van der Waals surface area contributed by atoms with Gasteiger partial charge in [0.25, 0.3) is 0 Å². The van der Waals surface area contributed by atoms with Crippen molar-refractivity contribution in [3.05, 3.63) is 12.4 Å². The lowest BCUT2D eigenvalue weighted by Crippen LogP contribution is -2.24. The summed E-state index contributed by atoms with van der Waals surface area (Å²) in [6.45, 7) is 8.09. The third-order valence-corrected chi connectivity index (χ3v) is 2.22. The highest BCUT2D eigenvalue weighted by Gasteiger charge is 2.17. The topological polar surface area (TPSA) is 73.2 Å². The molecule has 19 heavy (non-hydrogen) atoms. The normalized spacial score (nSPS) is 11.2. The van der Waals surface area contributed by atoms with Crippen molar-refractivity contribution in [3.63, 3.8) is 0 Å². The van der Waals surface area contributed by atoms with Crippen molar-refractivity contribution in [3.8, 4) is 0 Å². The molecule has 0 aliphatic carbocycles. The molecule has 6 heteroatoms. The maximum absolute atomic E-state index is 11.6. The van der Waals surface area contributed by atoms with E-state index in [-0.39, 0.29) is 24.7 Å². The van der Waals surface area contributed by atoms with Gasteiger partial charge in [-0.3, -0.25) is 14.3 Å². The van der Waals surface area contributed by atoms with Crippen LogP contribution in [0.2, 0.25) is 0 Å². The maximum Gasteiger partial charge on any atom is 0.306 e. The lowest BCUT2D eigenvalue weighted by molar-refractivity contribution is -0.155. The average molecular weight is 267 g/mol. The molecule has 0 bridgehead atoms. The second-order valence-corrected chi connectivity index (χ2v) is 5.22. The molecule has 0 saturated carbocycles. The van der Waals surface area contributed by atoms with Crippen LogP contribution < -0.4 is 5.32 Å². The van der Waals surface area contributed by atoms with E-state index in [0.717, 1.165) is 6.54 Å². The van der Waals surface area contributed by atoms with E-state index in [2.05, 4.69) is 10.4 Å². The zero-order valence-electron chi connectivity index (χ0n) is 11.9. The van der Waals surface area contributed by atoms with Crippen LogP contribution in [0.15, 0.2) is 12.4 Å². The number of carbonyl (C=O) groups is 2. The van der Waals surface area contributed by atoms with Crippen molar-refractivity contribution in [1.29, 1.82) is 0 Å². The second-order valence-electron chi connectivity index (χ2n) is 5.22. The van der Waals surface area contributed by atoms with Crippen molar-refractivity contribution < 1.29 is 14.3 Å². The molecule has 0 aromatic carbocycles. The third-order valence-electron chi connectivity index (χ3n) is 2.22. The molecule has 0 fully saturated rings. The first-order valence-corrected chi connectivity index (χ1v) is 6.34. The molecule has 0 spiro atoms. The van der Waals surface area contributed by atoms with Gasteiger partial charge in [-0.15, -0.1) is 0 Å². The number of carbonyl (C=O) groups excluding carboxylic acids is 2. The number of hydrogen-bond acceptors (Lipinski definition) is 4. The number of aryl methyl sites for hydroxylation is 1. The summed E-state index contributed by atoms with van der Waals surface area (Å²) >= 11 is 0. The SMILES string of the molecule is CCn1cc(NC(=O)CCC(=O)OC(C)(C)C)cn1. The fourth-order valence-corrected chi connectivity index (χ4v) is 1.43. The van der Waals surface area contributed by atoms with Crippen LogP contribution in [0.4, 0.5) is 5.69 Å². The summed E-state index contributed by atoms with van der Waals surface area (Å²) in [5.41, 5.74) is 0.117. The molecule has 0 atom stereocenters. The van der Waals surface area contributed by atoms with Crippen LogP contribution in [-0.2, 0) is 20.9 Å². The number of rotatable bonds is 5. The Hall–Kier alpha value is -1.85. The van der Waals surface area contributed by atoms with Gasteiger partial charge in [0.2, 0.25) is 5.91 Å². The summed E-state index contributed by atoms with van der Waals surface area (Å²) in [5, 5.41) is 6.73. The largest absolute Gasteiger partial charge is 0.460 e. The fourth-order valence-electron chi connectivity index (χ4n) is 1.43. The van der Waals surface area contributed by atoms with Crippen LogP contribution in [0.25, 0.3) is 0 Å². The first-order valence-electron chi connectivity index (χ1n) is 6.34. The maximum atomic E-state index is 11.6. The van der Waals surface area contributed by atoms with Crippen LogP contribution >= 0.6 is 0 Å². The lowest BCUT2D eigenvalue weighted by atomic mass is 10.2. The molecule has 1 heterocycles. The minimum Gasteiger partial charge on any atom is -0.460 e. The number of hydrogen-bond donors (Lipinski definition) is 1. The van der Waals surface area contributed by atoms with E-state index in [0.29, 0.717) is 5.69 Å². The molecule has 0 aliphatic heterocycles. The van der Waals surface area contributed by atoms with Gasteiger partial charge in [0, 0.05) is 19.2 Å². The lowest BCUT2D eigenvalue weighted by Gasteiger charge is -2.19. The van der Waals surface area contributed by atoms with Crippen LogP contribution in [-0.4, -0.2) is 27.3 Å². The van der Waals surface area contributed by atoms with E-state index < -0.39 is 5.60 Å². The van der Waals surface area contributed by atoms with Gasteiger partial charge in [0.15, 0.2) is 0 Å². The van der Waals surface area contributed by atoms with Gasteiger partial charge in [-0.05, 0) is 27.7 Å². The summed E-state index contributed by atoms with van der Waals surface area (Å²) in [6.07, 6.45) is 3.50. The van der Waals surface area contributed by atoms with Gasteiger partial charge < -0.3 is 10.1 Å². The Balaban J connectivity index is 2.34. The quantitative estimate of drug-likeness (QED) is 0.828. The highest BCUT2D eigenvalue weighted by atomic mass is 16.6. The zero-order valence-corrected chi connectivity index (χ0v) is 11.9. The predicted molar refractivity (Wildman–Crippen MR) is 71.6 cm³/mol. The Labute approximate surface area is 113 Å². The molecular weight excluding hydrogens is 246 g/mol. The van der Waals surface area contributed by atoms with E-state index in [1.165, 1.54) is 0 Å². The van der Waals surface area contributed by atoms with Gasteiger partial charge in [0.1, 0.15) is 5.60 Å². The first kappa shape index (κ1) is 15.2. The Morgan fingerprint density at radius 1 is 1.37 bits per heavy atom. The minimum absolute atomic E-state index is 0.0744. The molecule has 0 radical (unpaired) electrons. The summed E-state index contributed by atoms with van der Waals surface area (Å²) in [7, 11) is 0. The molecule has 0 unspecified atom stereocenters. The number of esters is 1. The smallest absolute Gasteiger partial charge is 0.306 e. The molecule has 1 aromatic heterocycles. The summed E-state index contributed by atoms with van der Waals surface area (Å²) in [4.78, 5) is 23.1. The number of aromatic nitrogens is 2. The van der Waals surface area contributed by atoms with Crippen molar-refractivity contribution in [2.75, 3.05) is 5.32 Å². The van der Waals surface area contributed by atoms with E-state index in [4.69, 9.17) is 4.74 Å². The highest BCUT2D eigenvalue weighted by molar-refractivity contribution is 5.92. The van der Waals surface area contributed by atoms with Crippen molar-refractivity contribution in [2.24, 2.45) is 0 Å². The Kier molecular flexibility index (Phi) is 5.09. The number of amides is 1. The molecular formula is C13H21N3O3. The number of nitrogens with zero attached hydrogens (tertiary/aromatic N) is 2. The summed E-state index contributed by atoms with van der Waals surface area (Å²) in [5.74, 6) is -0.589. The molecule has 1 N–H and O–H groups in total. The Bertz CT molecular complexity index is 446. The zero-order chi connectivity index (χ0) is 14.5. The molecule has 0 saturated heterocycles. The average Bonchev–Trinajstić information content (AvgIpc) is 2.72.